The summed E-state index contributed by atoms with van der Waals surface area (Å²) in [6.45, 7) is 1.91. The molecule has 2 aromatic carbocycles. The van der Waals surface area contributed by atoms with Crippen LogP contribution < -0.4 is 10.2 Å². The summed E-state index contributed by atoms with van der Waals surface area (Å²) < 4.78 is 10.5. The normalized spacial score (nSPS) is 14.7. The van der Waals surface area contributed by atoms with Gasteiger partial charge in [0.15, 0.2) is 5.58 Å². The Labute approximate surface area is 168 Å². The van der Waals surface area contributed by atoms with E-state index in [1.807, 2.05) is 36.4 Å². The number of benzene rings is 2. The van der Waals surface area contributed by atoms with E-state index in [-0.39, 0.29) is 17.8 Å². The Balaban J connectivity index is 1.28. The highest BCUT2D eigenvalue weighted by Gasteiger charge is 2.27. The van der Waals surface area contributed by atoms with E-state index < -0.39 is 0 Å². The zero-order chi connectivity index (χ0) is 20.2. The fourth-order valence-corrected chi connectivity index (χ4v) is 3.54. The van der Waals surface area contributed by atoms with Crippen molar-refractivity contribution in [3.8, 4) is 0 Å². The Bertz CT molecular complexity index is 971. The maximum absolute atomic E-state index is 12.5. The van der Waals surface area contributed by atoms with Gasteiger partial charge in [0.1, 0.15) is 5.52 Å². The molecule has 0 bridgehead atoms. The average Bonchev–Trinajstić information content (AvgIpc) is 3.22. The quantitative estimate of drug-likeness (QED) is 0.671. The molecule has 0 spiro atoms. The number of rotatable bonds is 5. The van der Waals surface area contributed by atoms with E-state index in [1.165, 1.54) is 7.11 Å². The minimum atomic E-state index is -0.369. The number of anilines is 1. The van der Waals surface area contributed by atoms with Crippen LogP contribution in [0.15, 0.2) is 52.9 Å². The number of esters is 1. The minimum Gasteiger partial charge on any atom is -0.465 e. The first-order valence-corrected chi connectivity index (χ1v) is 9.69. The van der Waals surface area contributed by atoms with Crippen molar-refractivity contribution in [2.24, 2.45) is 5.92 Å². The maximum atomic E-state index is 12.5. The summed E-state index contributed by atoms with van der Waals surface area (Å²) in [6.07, 6.45) is 1.51. The second-order valence-corrected chi connectivity index (χ2v) is 7.13. The molecular formula is C22H23N3O4. The van der Waals surface area contributed by atoms with Gasteiger partial charge in [0.05, 0.1) is 12.7 Å². The van der Waals surface area contributed by atoms with Gasteiger partial charge in [-0.25, -0.2) is 4.79 Å². The van der Waals surface area contributed by atoms with Gasteiger partial charge in [0.25, 0.3) is 6.01 Å². The first kappa shape index (κ1) is 19.0. The van der Waals surface area contributed by atoms with Crippen LogP contribution in [0.2, 0.25) is 0 Å². The van der Waals surface area contributed by atoms with E-state index in [0.717, 1.165) is 42.6 Å². The van der Waals surface area contributed by atoms with Crippen molar-refractivity contribution < 1.29 is 18.7 Å². The van der Waals surface area contributed by atoms with Gasteiger partial charge >= 0.3 is 5.97 Å². The van der Waals surface area contributed by atoms with Crippen molar-refractivity contribution in [3.05, 3.63) is 59.7 Å². The van der Waals surface area contributed by atoms with E-state index >= 15 is 0 Å². The summed E-state index contributed by atoms with van der Waals surface area (Å²) in [5.41, 5.74) is 3.06. The molecule has 0 unspecified atom stereocenters. The number of carbonyl (C=O) groups is 2. The number of methoxy groups -OCH3 is 1. The Morgan fingerprint density at radius 3 is 2.55 bits per heavy atom. The topological polar surface area (TPSA) is 84.7 Å². The Morgan fingerprint density at radius 2 is 1.86 bits per heavy atom. The van der Waals surface area contributed by atoms with Gasteiger partial charge in [-0.05, 0) is 42.7 Å². The van der Waals surface area contributed by atoms with Crippen LogP contribution in [-0.2, 0) is 16.1 Å². The van der Waals surface area contributed by atoms with Crippen molar-refractivity contribution in [1.82, 2.24) is 10.3 Å². The van der Waals surface area contributed by atoms with Crippen LogP contribution in [0.4, 0.5) is 6.01 Å². The molecule has 3 aromatic rings. The van der Waals surface area contributed by atoms with Gasteiger partial charge < -0.3 is 19.4 Å². The second kappa shape index (κ2) is 8.34. The molecule has 1 saturated heterocycles. The molecule has 1 amide bonds. The number of amides is 1. The summed E-state index contributed by atoms with van der Waals surface area (Å²) in [6, 6.07) is 15.4. The molecule has 4 rings (SSSR count). The summed E-state index contributed by atoms with van der Waals surface area (Å²) in [5.74, 6) is -0.337. The van der Waals surface area contributed by atoms with Crippen molar-refractivity contribution in [3.63, 3.8) is 0 Å². The predicted octanol–water partition coefficient (Wildman–Crippen LogP) is 3.15. The number of hydrogen-bond acceptors (Lipinski definition) is 6. The predicted molar refractivity (Wildman–Crippen MR) is 109 cm³/mol. The zero-order valence-corrected chi connectivity index (χ0v) is 16.3. The molecule has 0 radical (unpaired) electrons. The highest BCUT2D eigenvalue weighted by Crippen LogP contribution is 2.26. The molecule has 7 nitrogen and oxygen atoms in total. The number of nitrogens with zero attached hydrogens (tertiary/aromatic N) is 2. The van der Waals surface area contributed by atoms with Gasteiger partial charge in [-0.2, -0.15) is 4.98 Å². The smallest absolute Gasteiger partial charge is 0.337 e. The van der Waals surface area contributed by atoms with Crippen LogP contribution in [0.1, 0.15) is 28.8 Å². The van der Waals surface area contributed by atoms with Crippen LogP contribution in [-0.4, -0.2) is 37.1 Å². The van der Waals surface area contributed by atoms with Crippen molar-refractivity contribution in [1.29, 1.82) is 0 Å². The second-order valence-electron chi connectivity index (χ2n) is 7.13. The number of ether oxygens (including phenoxy) is 1. The maximum Gasteiger partial charge on any atom is 0.337 e. The fourth-order valence-electron chi connectivity index (χ4n) is 3.54. The molecule has 2 heterocycles. The van der Waals surface area contributed by atoms with Gasteiger partial charge in [0, 0.05) is 25.6 Å². The van der Waals surface area contributed by atoms with E-state index in [1.54, 1.807) is 12.1 Å². The van der Waals surface area contributed by atoms with Crippen molar-refractivity contribution >= 4 is 29.0 Å². The fraction of sp³-hybridized carbons (Fsp3) is 0.318. The molecule has 1 N–H and O–H groups in total. The number of nitrogens with one attached hydrogen (secondary N) is 1. The van der Waals surface area contributed by atoms with Gasteiger partial charge in [-0.1, -0.05) is 24.3 Å². The lowest BCUT2D eigenvalue weighted by molar-refractivity contribution is -0.125. The van der Waals surface area contributed by atoms with Crippen LogP contribution in [0.3, 0.4) is 0 Å². The minimum absolute atomic E-state index is 0.0232. The van der Waals surface area contributed by atoms with E-state index in [0.29, 0.717) is 18.1 Å². The number of aromatic nitrogens is 1. The molecule has 1 aliphatic rings. The summed E-state index contributed by atoms with van der Waals surface area (Å²) in [4.78, 5) is 30.6. The molecular weight excluding hydrogens is 370 g/mol. The largest absolute Gasteiger partial charge is 0.465 e. The molecule has 29 heavy (non-hydrogen) atoms. The van der Waals surface area contributed by atoms with E-state index in [9.17, 15) is 9.59 Å². The molecule has 1 aliphatic heterocycles. The molecule has 0 aliphatic carbocycles. The van der Waals surface area contributed by atoms with Gasteiger partial charge in [-0.15, -0.1) is 0 Å². The Kier molecular flexibility index (Phi) is 5.46. The number of oxazole rings is 1. The first-order valence-electron chi connectivity index (χ1n) is 9.69. The number of piperidine rings is 1. The Hall–Kier alpha value is -3.35. The van der Waals surface area contributed by atoms with Gasteiger partial charge in [0.2, 0.25) is 5.91 Å². The third kappa shape index (κ3) is 4.23. The van der Waals surface area contributed by atoms with Crippen LogP contribution >= 0.6 is 0 Å². The summed E-state index contributed by atoms with van der Waals surface area (Å²) in [5, 5.41) is 2.99. The van der Waals surface area contributed by atoms with E-state index in [2.05, 4.69) is 19.9 Å². The lowest BCUT2D eigenvalue weighted by Crippen LogP contribution is -2.40. The standard InChI is InChI=1S/C22H23N3O4/c1-28-21(27)17-8-6-15(7-9-17)14-23-20(26)16-10-12-25(13-11-16)22-24-18-4-2-3-5-19(18)29-22/h2-9,16H,10-14H2,1H3,(H,23,26). The molecule has 7 heteroatoms. The lowest BCUT2D eigenvalue weighted by Gasteiger charge is -2.30. The number of para-hydroxylation sites is 2. The monoisotopic (exact) mass is 393 g/mol. The highest BCUT2D eigenvalue weighted by atomic mass is 16.5. The molecule has 0 saturated carbocycles. The molecule has 1 aromatic heterocycles. The third-order valence-electron chi connectivity index (χ3n) is 5.26. The SMILES string of the molecule is COC(=O)c1ccc(CNC(=O)C2CCN(c3nc4ccccc4o3)CC2)cc1. The van der Waals surface area contributed by atoms with E-state index in [4.69, 9.17) is 4.42 Å². The van der Waals surface area contributed by atoms with Crippen LogP contribution in [0.25, 0.3) is 11.1 Å². The molecule has 150 valence electrons. The van der Waals surface area contributed by atoms with Crippen LogP contribution in [0, 0.1) is 5.92 Å². The van der Waals surface area contributed by atoms with Gasteiger partial charge in [-0.3, -0.25) is 4.79 Å². The first-order chi connectivity index (χ1) is 14.1. The molecule has 1 fully saturated rings. The third-order valence-corrected chi connectivity index (χ3v) is 5.26. The number of hydrogen-bond donors (Lipinski definition) is 1. The Morgan fingerprint density at radius 1 is 1.14 bits per heavy atom. The lowest BCUT2D eigenvalue weighted by atomic mass is 9.96. The average molecular weight is 393 g/mol. The van der Waals surface area contributed by atoms with Crippen molar-refractivity contribution in [2.75, 3.05) is 25.1 Å². The number of carbonyl (C=O) groups excluding carboxylic acids is 2. The van der Waals surface area contributed by atoms with Crippen molar-refractivity contribution in [2.45, 2.75) is 19.4 Å². The molecule has 0 atom stereocenters. The summed E-state index contributed by atoms with van der Waals surface area (Å²) >= 11 is 0. The highest BCUT2D eigenvalue weighted by molar-refractivity contribution is 5.89. The summed E-state index contributed by atoms with van der Waals surface area (Å²) in [7, 11) is 1.35. The zero-order valence-electron chi connectivity index (χ0n) is 16.3. The van der Waals surface area contributed by atoms with Crippen LogP contribution in [0.5, 0.6) is 0 Å². The number of fused-ring (bicyclic) bond motifs is 1.